The van der Waals surface area contributed by atoms with Crippen LogP contribution in [0.4, 0.5) is 0 Å². The van der Waals surface area contributed by atoms with Crippen LogP contribution in [0.25, 0.3) is 50.6 Å². The van der Waals surface area contributed by atoms with Crippen LogP contribution in [-0.2, 0) is 6.42 Å². The quantitative estimate of drug-likeness (QED) is 0.324. The molecule has 1 aliphatic carbocycles. The Bertz CT molecular complexity index is 1660. The number of fused-ring (bicyclic) bond motifs is 8. The molecule has 0 bridgehead atoms. The molecule has 0 unspecified atom stereocenters. The molecular formula is C26H19N3O. The maximum absolute atomic E-state index is 6.16. The summed E-state index contributed by atoms with van der Waals surface area (Å²) in [5.41, 5.74) is 9.22. The number of benzene rings is 3. The second-order valence-electron chi connectivity index (χ2n) is 8.13. The molecule has 0 radical (unpaired) electrons. The Hall–Kier alpha value is -3.79. The van der Waals surface area contributed by atoms with E-state index in [1.165, 1.54) is 33.2 Å². The van der Waals surface area contributed by atoms with E-state index in [4.69, 9.17) is 9.40 Å². The number of aromatic nitrogens is 3. The first kappa shape index (κ1) is 16.1. The fraction of sp³-hybridized carbons (Fsp3) is 0.115. The molecule has 0 spiro atoms. The number of hydrogen-bond acceptors (Lipinski definition) is 2. The van der Waals surface area contributed by atoms with Gasteiger partial charge in [0.1, 0.15) is 11.3 Å². The average molecular weight is 389 g/mol. The smallest absolute Gasteiger partial charge is 0.220 e. The monoisotopic (exact) mass is 389 g/mol. The third-order valence-electron chi connectivity index (χ3n) is 6.27. The summed E-state index contributed by atoms with van der Waals surface area (Å²) in [6.07, 6.45) is 4.12. The van der Waals surface area contributed by atoms with Crippen LogP contribution in [-0.4, -0.2) is 14.0 Å². The van der Waals surface area contributed by atoms with Crippen molar-refractivity contribution in [1.82, 2.24) is 14.0 Å². The predicted molar refractivity (Wildman–Crippen MR) is 122 cm³/mol. The summed E-state index contributed by atoms with van der Waals surface area (Å²) in [4.78, 5) is 5.01. The van der Waals surface area contributed by atoms with Gasteiger partial charge in [0, 0.05) is 23.1 Å². The summed E-state index contributed by atoms with van der Waals surface area (Å²) in [5, 5.41) is 1.20. The first-order valence-electron chi connectivity index (χ1n) is 10.4. The van der Waals surface area contributed by atoms with Gasteiger partial charge in [-0.1, -0.05) is 35.9 Å². The van der Waals surface area contributed by atoms with Gasteiger partial charge < -0.3 is 4.42 Å². The first-order chi connectivity index (χ1) is 14.8. The summed E-state index contributed by atoms with van der Waals surface area (Å²) in [7, 11) is 0. The molecule has 3 aromatic carbocycles. The summed E-state index contributed by atoms with van der Waals surface area (Å²) in [6.45, 7) is 2.13. The van der Waals surface area contributed by atoms with Gasteiger partial charge in [-0.2, -0.15) is 0 Å². The van der Waals surface area contributed by atoms with E-state index in [0.717, 1.165) is 41.0 Å². The van der Waals surface area contributed by atoms with Crippen molar-refractivity contribution in [2.24, 2.45) is 0 Å². The predicted octanol–water partition coefficient (Wildman–Crippen LogP) is 6.44. The van der Waals surface area contributed by atoms with Crippen LogP contribution in [0.3, 0.4) is 0 Å². The number of rotatable bonds is 1. The lowest BCUT2D eigenvalue weighted by Gasteiger charge is -2.15. The Kier molecular flexibility index (Phi) is 3.02. The molecule has 144 valence electrons. The molecule has 1 aliphatic rings. The van der Waals surface area contributed by atoms with Gasteiger partial charge in [0.05, 0.1) is 22.1 Å². The van der Waals surface area contributed by atoms with Gasteiger partial charge in [-0.25, -0.2) is 4.98 Å². The van der Waals surface area contributed by atoms with Crippen molar-refractivity contribution < 1.29 is 4.42 Å². The fourth-order valence-electron chi connectivity index (χ4n) is 4.92. The van der Waals surface area contributed by atoms with E-state index in [9.17, 15) is 0 Å². The van der Waals surface area contributed by atoms with Gasteiger partial charge in [-0.05, 0) is 55.8 Å². The van der Waals surface area contributed by atoms with E-state index >= 15 is 0 Å². The molecule has 0 N–H and O–H groups in total. The van der Waals surface area contributed by atoms with Crippen LogP contribution in [0.15, 0.2) is 71.1 Å². The zero-order chi connectivity index (χ0) is 19.8. The minimum absolute atomic E-state index is 0.897. The summed E-state index contributed by atoms with van der Waals surface area (Å²) in [5.74, 6) is 2.05. The van der Waals surface area contributed by atoms with E-state index in [1.807, 2.05) is 6.07 Å². The Morgan fingerprint density at radius 1 is 0.867 bits per heavy atom. The SMILES string of the molecule is Cc1ccc2oc3c(c2c1)C=C(n1c2ccccc2n2c4ccccc4nc12)CC3. The highest BCUT2D eigenvalue weighted by Gasteiger charge is 2.23. The highest BCUT2D eigenvalue weighted by Crippen LogP contribution is 2.38. The molecule has 0 aliphatic heterocycles. The van der Waals surface area contributed by atoms with Crippen LogP contribution >= 0.6 is 0 Å². The molecule has 7 rings (SSSR count). The maximum atomic E-state index is 6.16. The first-order valence-corrected chi connectivity index (χ1v) is 10.4. The molecule has 6 aromatic rings. The Balaban J connectivity index is 1.58. The molecule has 30 heavy (non-hydrogen) atoms. The standard InChI is InChI=1S/C26H19N3O/c1-16-10-12-24-18(14-16)19-15-17(11-13-25(19)30-24)28-22-8-4-5-9-23(22)29-21-7-3-2-6-20(21)27-26(28)29/h2-10,12,14-15H,11,13H2,1H3. The van der Waals surface area contributed by atoms with Gasteiger partial charge in [0.2, 0.25) is 5.78 Å². The molecule has 3 heterocycles. The average Bonchev–Trinajstić information content (AvgIpc) is 3.41. The van der Waals surface area contributed by atoms with Crippen LogP contribution in [0, 0.1) is 6.92 Å². The van der Waals surface area contributed by atoms with Crippen LogP contribution < -0.4 is 0 Å². The lowest BCUT2D eigenvalue weighted by Crippen LogP contribution is -2.04. The molecule has 0 saturated heterocycles. The molecular weight excluding hydrogens is 370 g/mol. The Labute approximate surface area is 172 Å². The lowest BCUT2D eigenvalue weighted by atomic mass is 9.99. The van der Waals surface area contributed by atoms with Gasteiger partial charge in [-0.15, -0.1) is 0 Å². The van der Waals surface area contributed by atoms with Crippen molar-refractivity contribution >= 4 is 50.6 Å². The maximum Gasteiger partial charge on any atom is 0.220 e. The largest absolute Gasteiger partial charge is 0.460 e. The number of nitrogens with zero attached hydrogens (tertiary/aromatic N) is 3. The van der Waals surface area contributed by atoms with Crippen molar-refractivity contribution in [2.75, 3.05) is 0 Å². The van der Waals surface area contributed by atoms with Crippen molar-refractivity contribution in [3.63, 3.8) is 0 Å². The van der Waals surface area contributed by atoms with Crippen molar-refractivity contribution in [3.05, 3.63) is 83.6 Å². The number of hydrogen-bond donors (Lipinski definition) is 0. The fourth-order valence-corrected chi connectivity index (χ4v) is 4.92. The highest BCUT2D eigenvalue weighted by atomic mass is 16.3. The van der Waals surface area contributed by atoms with Crippen molar-refractivity contribution in [3.8, 4) is 0 Å². The molecule has 3 aromatic heterocycles. The van der Waals surface area contributed by atoms with E-state index in [1.54, 1.807) is 0 Å². The Morgan fingerprint density at radius 3 is 2.57 bits per heavy atom. The number of para-hydroxylation sites is 4. The normalized spacial score (nSPS) is 14.1. The van der Waals surface area contributed by atoms with E-state index in [2.05, 4.69) is 82.6 Å². The van der Waals surface area contributed by atoms with Gasteiger partial charge >= 0.3 is 0 Å². The lowest BCUT2D eigenvalue weighted by molar-refractivity contribution is 0.546. The second kappa shape index (κ2) is 5.63. The summed E-state index contributed by atoms with van der Waals surface area (Å²) in [6, 6.07) is 23.3. The van der Waals surface area contributed by atoms with Crippen molar-refractivity contribution in [1.29, 1.82) is 0 Å². The topological polar surface area (TPSA) is 35.4 Å². The molecule has 0 saturated carbocycles. The molecule has 0 amide bonds. The molecule has 4 heteroatoms. The minimum Gasteiger partial charge on any atom is -0.460 e. The summed E-state index contributed by atoms with van der Waals surface area (Å²) < 4.78 is 10.8. The number of furan rings is 1. The number of allylic oxidation sites excluding steroid dienone is 1. The zero-order valence-corrected chi connectivity index (χ0v) is 16.6. The minimum atomic E-state index is 0.897. The highest BCUT2D eigenvalue weighted by molar-refractivity contribution is 5.98. The molecule has 0 fully saturated rings. The third-order valence-corrected chi connectivity index (χ3v) is 6.27. The molecule has 0 atom stereocenters. The van der Waals surface area contributed by atoms with E-state index in [0.29, 0.717) is 0 Å². The summed E-state index contributed by atoms with van der Waals surface area (Å²) >= 11 is 0. The number of aryl methyl sites for hydroxylation is 2. The van der Waals surface area contributed by atoms with Crippen LogP contribution in [0.5, 0.6) is 0 Å². The van der Waals surface area contributed by atoms with Crippen LogP contribution in [0.2, 0.25) is 0 Å². The van der Waals surface area contributed by atoms with E-state index < -0.39 is 0 Å². The van der Waals surface area contributed by atoms with Crippen molar-refractivity contribution in [2.45, 2.75) is 19.8 Å². The second-order valence-corrected chi connectivity index (χ2v) is 8.13. The van der Waals surface area contributed by atoms with Crippen LogP contribution in [0.1, 0.15) is 23.3 Å². The van der Waals surface area contributed by atoms with E-state index in [-0.39, 0.29) is 0 Å². The number of imidazole rings is 2. The van der Waals surface area contributed by atoms with Gasteiger partial charge in [0.25, 0.3) is 0 Å². The van der Waals surface area contributed by atoms with Gasteiger partial charge in [-0.3, -0.25) is 8.97 Å². The Morgan fingerprint density at radius 2 is 1.67 bits per heavy atom. The third kappa shape index (κ3) is 2.03. The van der Waals surface area contributed by atoms with Gasteiger partial charge in [0.15, 0.2) is 0 Å². The molecule has 4 nitrogen and oxygen atoms in total. The zero-order valence-electron chi connectivity index (χ0n) is 16.6.